The summed E-state index contributed by atoms with van der Waals surface area (Å²) in [4.78, 5) is 29.5. The Morgan fingerprint density at radius 3 is 2.50 bits per heavy atom. The number of nitrogens with one attached hydrogen (secondary N) is 1. The molecule has 0 saturated carbocycles. The van der Waals surface area contributed by atoms with Crippen molar-refractivity contribution in [3.63, 3.8) is 0 Å². The molecule has 2 aromatic carbocycles. The molecule has 6 rings (SSSR count). The van der Waals surface area contributed by atoms with Gasteiger partial charge in [0.1, 0.15) is 5.69 Å². The summed E-state index contributed by atoms with van der Waals surface area (Å²) in [6.07, 6.45) is 3.73. The topological polar surface area (TPSA) is 89.8 Å². The number of nitrogens with zero attached hydrogens (tertiary/aromatic N) is 6. The number of hydrogen-bond donors (Lipinski definition) is 2. The maximum atomic E-state index is 13.6. The highest BCUT2D eigenvalue weighted by Gasteiger charge is 2.32. The summed E-state index contributed by atoms with van der Waals surface area (Å²) in [5, 5.41) is 14.7. The fourth-order valence-electron chi connectivity index (χ4n) is 6.08. The molecule has 0 unspecified atom stereocenters. The Kier molecular flexibility index (Phi) is 8.82. The molecule has 44 heavy (non-hydrogen) atoms. The minimum atomic E-state index is -0.481. The highest BCUT2D eigenvalue weighted by molar-refractivity contribution is 6.33. The zero-order chi connectivity index (χ0) is 31.0. The zero-order valence-electron chi connectivity index (χ0n) is 25.2. The summed E-state index contributed by atoms with van der Waals surface area (Å²) in [6, 6.07) is 15.3. The lowest BCUT2D eigenvalue weighted by atomic mass is 10.0. The number of piperazine rings is 1. The molecule has 2 aliphatic rings. The number of rotatable bonds is 8. The van der Waals surface area contributed by atoms with Crippen molar-refractivity contribution in [2.24, 2.45) is 0 Å². The Morgan fingerprint density at radius 2 is 1.80 bits per heavy atom. The first-order valence-electron chi connectivity index (χ1n) is 15.0. The average Bonchev–Trinajstić information content (AvgIpc) is 3.46. The average molecular weight is 635 g/mol. The number of aliphatic hydroxyl groups excluding tert-OH is 1. The predicted octanol–water partition coefficient (Wildman–Crippen LogP) is 6.02. The van der Waals surface area contributed by atoms with Gasteiger partial charge in [0.05, 0.1) is 29.1 Å². The monoisotopic (exact) mass is 633 g/mol. The summed E-state index contributed by atoms with van der Waals surface area (Å²) >= 11 is 12.9. The number of carbonyl (C=O) groups is 1. The van der Waals surface area contributed by atoms with Crippen molar-refractivity contribution in [2.45, 2.75) is 39.4 Å². The van der Waals surface area contributed by atoms with Crippen LogP contribution in [0.3, 0.4) is 0 Å². The Hall–Kier alpha value is -3.63. The van der Waals surface area contributed by atoms with Gasteiger partial charge < -0.3 is 24.8 Å². The van der Waals surface area contributed by atoms with E-state index in [4.69, 9.17) is 28.2 Å². The zero-order valence-corrected chi connectivity index (χ0v) is 26.7. The van der Waals surface area contributed by atoms with Crippen LogP contribution in [-0.4, -0.2) is 80.7 Å². The molecule has 0 spiro atoms. The van der Waals surface area contributed by atoms with Crippen LogP contribution in [0.2, 0.25) is 10.0 Å². The van der Waals surface area contributed by atoms with Crippen LogP contribution in [0, 0.1) is 6.92 Å². The summed E-state index contributed by atoms with van der Waals surface area (Å²) < 4.78 is 1.95. The van der Waals surface area contributed by atoms with Gasteiger partial charge in [0.2, 0.25) is 5.95 Å². The number of anilines is 3. The quantitative estimate of drug-likeness (QED) is 0.245. The Labute approximate surface area is 268 Å². The van der Waals surface area contributed by atoms with Gasteiger partial charge in [-0.25, -0.2) is 9.97 Å². The summed E-state index contributed by atoms with van der Waals surface area (Å²) in [5.41, 5.74) is 5.62. The molecular formula is C33H37Cl2N7O2. The number of aromatic nitrogens is 3. The Morgan fingerprint density at radius 1 is 1.00 bits per heavy atom. The van der Waals surface area contributed by atoms with Crippen LogP contribution in [0.5, 0.6) is 0 Å². The molecule has 2 aliphatic heterocycles. The third kappa shape index (κ3) is 6.15. The molecule has 9 nitrogen and oxygen atoms in total. The maximum absolute atomic E-state index is 13.6. The second-order valence-corrected chi connectivity index (χ2v) is 12.5. The summed E-state index contributed by atoms with van der Waals surface area (Å²) in [5.74, 6) is 0.272. The number of halogens is 2. The van der Waals surface area contributed by atoms with E-state index in [0.29, 0.717) is 40.8 Å². The summed E-state index contributed by atoms with van der Waals surface area (Å²) in [7, 11) is 0. The van der Waals surface area contributed by atoms with Crippen LogP contribution in [0.1, 0.15) is 41.5 Å². The van der Waals surface area contributed by atoms with Gasteiger partial charge >= 0.3 is 0 Å². The number of aryl methyl sites for hydroxylation is 1. The van der Waals surface area contributed by atoms with Crippen molar-refractivity contribution in [2.75, 3.05) is 49.5 Å². The predicted molar refractivity (Wildman–Crippen MR) is 176 cm³/mol. The molecule has 2 N–H and O–H groups in total. The smallest absolute Gasteiger partial charge is 0.271 e. The van der Waals surface area contributed by atoms with Gasteiger partial charge in [-0.15, -0.1) is 0 Å². The normalized spacial score (nSPS) is 16.4. The van der Waals surface area contributed by atoms with E-state index >= 15 is 0 Å². The van der Waals surface area contributed by atoms with Crippen LogP contribution >= 0.6 is 23.2 Å². The van der Waals surface area contributed by atoms with Crippen LogP contribution in [-0.2, 0) is 6.54 Å². The number of benzene rings is 2. The first-order valence-corrected chi connectivity index (χ1v) is 15.7. The highest BCUT2D eigenvalue weighted by atomic mass is 35.5. The van der Waals surface area contributed by atoms with Crippen molar-refractivity contribution in [3.05, 3.63) is 87.8 Å². The maximum Gasteiger partial charge on any atom is 0.271 e. The van der Waals surface area contributed by atoms with E-state index in [-0.39, 0.29) is 12.5 Å². The second kappa shape index (κ2) is 12.8. The van der Waals surface area contributed by atoms with Crippen LogP contribution in [0.25, 0.3) is 11.3 Å². The first kappa shape index (κ1) is 30.4. The van der Waals surface area contributed by atoms with Crippen molar-refractivity contribution in [3.8, 4) is 11.3 Å². The van der Waals surface area contributed by atoms with E-state index in [0.717, 1.165) is 59.9 Å². The van der Waals surface area contributed by atoms with Gasteiger partial charge in [-0.2, -0.15) is 0 Å². The lowest BCUT2D eigenvalue weighted by molar-refractivity contribution is 0.0526. The number of carbonyl (C=O) groups excluding carboxylic acids is 1. The largest absolute Gasteiger partial charge is 0.394 e. The molecule has 0 radical (unpaired) electrons. The summed E-state index contributed by atoms with van der Waals surface area (Å²) in [6.45, 7) is 11.3. The van der Waals surface area contributed by atoms with Crippen LogP contribution in [0.4, 0.5) is 17.3 Å². The fraction of sp³-hybridized carbons (Fsp3) is 0.364. The lowest BCUT2D eigenvalue weighted by Crippen LogP contribution is -2.48. The van der Waals surface area contributed by atoms with E-state index in [2.05, 4.69) is 40.0 Å². The molecule has 1 fully saturated rings. The van der Waals surface area contributed by atoms with Crippen LogP contribution < -0.4 is 10.2 Å². The van der Waals surface area contributed by atoms with Gasteiger partial charge in [-0.3, -0.25) is 9.69 Å². The van der Waals surface area contributed by atoms with Gasteiger partial charge in [0.15, 0.2) is 0 Å². The Bertz CT molecular complexity index is 1670. The third-order valence-corrected chi connectivity index (χ3v) is 9.14. The third-order valence-electron chi connectivity index (χ3n) is 8.59. The number of amides is 1. The molecule has 2 aromatic heterocycles. The molecule has 230 valence electrons. The minimum Gasteiger partial charge on any atom is -0.394 e. The fourth-order valence-corrected chi connectivity index (χ4v) is 6.50. The highest BCUT2D eigenvalue weighted by Crippen LogP contribution is 2.33. The lowest BCUT2D eigenvalue weighted by Gasteiger charge is -2.38. The van der Waals surface area contributed by atoms with Crippen molar-refractivity contribution < 1.29 is 9.90 Å². The van der Waals surface area contributed by atoms with Gasteiger partial charge in [0.25, 0.3) is 5.91 Å². The van der Waals surface area contributed by atoms with Crippen molar-refractivity contribution in [1.82, 2.24) is 24.3 Å². The Balaban J connectivity index is 1.20. The minimum absolute atomic E-state index is 0.149. The molecule has 1 atom stereocenters. The van der Waals surface area contributed by atoms with Crippen molar-refractivity contribution >= 4 is 46.4 Å². The number of hydrogen-bond acceptors (Lipinski definition) is 7. The number of aliphatic hydroxyl groups is 1. The molecular weight excluding hydrogens is 597 g/mol. The number of fused-ring (bicyclic) bond motifs is 1. The van der Waals surface area contributed by atoms with E-state index in [1.165, 1.54) is 0 Å². The molecule has 11 heteroatoms. The molecule has 1 saturated heterocycles. The van der Waals surface area contributed by atoms with Gasteiger partial charge in [-0.05, 0) is 68.3 Å². The molecule has 1 amide bonds. The second-order valence-electron chi connectivity index (χ2n) is 11.7. The molecule has 4 heterocycles. The van der Waals surface area contributed by atoms with E-state index < -0.39 is 6.04 Å². The standard InChI is InChI=1S/C33H37Cl2N7O2/c1-21(2)39-9-11-40(12-10-39)26-7-8-28(27(35)17-26)37-33-36-18-22(3)31(38-33)24-16-29-32(44)42(14-13-41(29)19-24)30(20-43)23-5-4-6-25(34)15-23/h4-8,15-19,21,30,43H,9-14,20H2,1-3H3,(H,36,37,38)/t30-/m1/s1. The molecule has 0 bridgehead atoms. The van der Waals surface area contributed by atoms with Crippen LogP contribution in [0.15, 0.2) is 60.9 Å². The molecule has 0 aliphatic carbocycles. The SMILES string of the molecule is Cc1cnc(Nc2ccc(N3CCN(C(C)C)CC3)cc2Cl)nc1-c1cc2n(c1)CCN([C@H](CO)c1cccc(Cl)c1)C2=O. The van der Waals surface area contributed by atoms with E-state index in [9.17, 15) is 9.90 Å². The van der Waals surface area contributed by atoms with E-state index in [1.54, 1.807) is 23.2 Å². The molecule has 4 aromatic rings. The van der Waals surface area contributed by atoms with Crippen molar-refractivity contribution in [1.29, 1.82) is 0 Å². The van der Waals surface area contributed by atoms with Gasteiger partial charge in [0, 0.05) is 74.0 Å². The first-order chi connectivity index (χ1) is 21.2. The van der Waals surface area contributed by atoms with E-state index in [1.807, 2.05) is 48.0 Å². The van der Waals surface area contributed by atoms with Gasteiger partial charge in [-0.1, -0.05) is 35.3 Å².